The summed E-state index contributed by atoms with van der Waals surface area (Å²) in [6.07, 6.45) is 4.95. The van der Waals surface area contributed by atoms with E-state index in [1.54, 1.807) is 0 Å². The fraction of sp³-hybridized carbons (Fsp3) is 0.455. The van der Waals surface area contributed by atoms with Crippen molar-refractivity contribution >= 4 is 50.6 Å². The number of halogens is 2. The van der Waals surface area contributed by atoms with E-state index in [1.807, 2.05) is 36.5 Å². The van der Waals surface area contributed by atoms with Crippen molar-refractivity contribution in [1.82, 2.24) is 14.9 Å². The zero-order valence-corrected chi connectivity index (χ0v) is 18.9. The Morgan fingerprint density at radius 1 is 1.03 bits per heavy atom. The number of anilines is 1. The zero-order chi connectivity index (χ0) is 20.0. The molecular weight excluding hydrogens is 423 g/mol. The van der Waals surface area contributed by atoms with Gasteiger partial charge in [0.25, 0.3) is 0 Å². The van der Waals surface area contributed by atoms with Gasteiger partial charge in [-0.25, -0.2) is 9.97 Å². The van der Waals surface area contributed by atoms with Crippen molar-refractivity contribution in [2.24, 2.45) is 0 Å². The van der Waals surface area contributed by atoms with Crippen molar-refractivity contribution < 1.29 is 0 Å². The molecular formula is C22H24Cl2N4S. The second-order valence-corrected chi connectivity index (χ2v) is 9.91. The summed E-state index contributed by atoms with van der Waals surface area (Å²) in [6.45, 7) is 6.81. The summed E-state index contributed by atoms with van der Waals surface area (Å²) in [5.74, 6) is 2.03. The third-order valence-corrected chi connectivity index (χ3v) is 7.76. The van der Waals surface area contributed by atoms with E-state index in [1.165, 1.54) is 46.3 Å². The summed E-state index contributed by atoms with van der Waals surface area (Å²) in [6, 6.07) is 5.78. The van der Waals surface area contributed by atoms with Gasteiger partial charge in [0.2, 0.25) is 0 Å². The van der Waals surface area contributed by atoms with Crippen LogP contribution in [0.15, 0.2) is 18.2 Å². The van der Waals surface area contributed by atoms with E-state index in [9.17, 15) is 0 Å². The lowest BCUT2D eigenvalue weighted by Gasteiger charge is -2.36. The molecule has 1 saturated heterocycles. The van der Waals surface area contributed by atoms with Crippen molar-refractivity contribution in [3.8, 4) is 0 Å². The third-order valence-electron chi connectivity index (χ3n) is 5.99. The number of hydrogen-bond donors (Lipinski definition) is 0. The molecule has 4 nitrogen and oxygen atoms in total. The first-order valence-corrected chi connectivity index (χ1v) is 11.9. The van der Waals surface area contributed by atoms with Crippen molar-refractivity contribution in [1.29, 1.82) is 0 Å². The maximum atomic E-state index is 6.37. The van der Waals surface area contributed by atoms with Gasteiger partial charge in [0, 0.05) is 47.6 Å². The molecule has 0 N–H and O–H groups in total. The number of aryl methyl sites for hydroxylation is 3. The minimum atomic E-state index is 0.686. The molecule has 1 aromatic carbocycles. The molecule has 5 rings (SSSR count). The first-order valence-electron chi connectivity index (χ1n) is 10.3. The standard InChI is InChI=1S/C22H24Cl2N4S/c1-14-25-21(20-17-4-2-3-5-19(17)29-22(20)26-14)28-10-8-27(9-11-28)13-15-6-7-16(23)12-18(15)24/h6-7,12H,2-5,8-11,13H2,1H3. The van der Waals surface area contributed by atoms with Gasteiger partial charge in [0.15, 0.2) is 0 Å². The number of rotatable bonds is 3. The number of aromatic nitrogens is 2. The molecule has 0 bridgehead atoms. The van der Waals surface area contributed by atoms with Crippen LogP contribution in [0.3, 0.4) is 0 Å². The van der Waals surface area contributed by atoms with Gasteiger partial charge in [-0.2, -0.15) is 0 Å². The highest BCUT2D eigenvalue weighted by Crippen LogP contribution is 2.40. The first-order chi connectivity index (χ1) is 14.1. The fourth-order valence-electron chi connectivity index (χ4n) is 4.48. The summed E-state index contributed by atoms with van der Waals surface area (Å²) in [5, 5.41) is 2.76. The number of hydrogen-bond acceptors (Lipinski definition) is 5. The highest BCUT2D eigenvalue weighted by atomic mass is 35.5. The molecule has 1 aliphatic carbocycles. The van der Waals surface area contributed by atoms with Gasteiger partial charge < -0.3 is 4.90 Å². The summed E-state index contributed by atoms with van der Waals surface area (Å²) in [5.41, 5.74) is 2.65. The average molecular weight is 447 g/mol. The summed E-state index contributed by atoms with van der Waals surface area (Å²) < 4.78 is 0. The molecule has 0 amide bonds. The Bertz CT molecular complexity index is 1060. The predicted octanol–water partition coefficient (Wildman–Crippen LogP) is 5.51. The number of fused-ring (bicyclic) bond motifs is 3. The van der Waals surface area contributed by atoms with Crippen LogP contribution in [0.5, 0.6) is 0 Å². The first kappa shape index (κ1) is 19.6. The van der Waals surface area contributed by atoms with E-state index in [2.05, 4.69) is 9.80 Å². The van der Waals surface area contributed by atoms with E-state index in [0.29, 0.717) is 5.02 Å². The Morgan fingerprint density at radius 3 is 2.62 bits per heavy atom. The normalized spacial score (nSPS) is 17.7. The molecule has 7 heteroatoms. The Hall–Kier alpha value is -1.40. The van der Waals surface area contributed by atoms with E-state index >= 15 is 0 Å². The topological polar surface area (TPSA) is 32.3 Å². The van der Waals surface area contributed by atoms with Gasteiger partial charge in [0.05, 0.1) is 5.39 Å². The largest absolute Gasteiger partial charge is 0.353 e. The maximum Gasteiger partial charge on any atom is 0.141 e. The molecule has 29 heavy (non-hydrogen) atoms. The third kappa shape index (κ3) is 3.86. The SMILES string of the molecule is Cc1nc(N2CCN(Cc3ccc(Cl)cc3Cl)CC2)c2c3c(sc2n1)CCCC3. The van der Waals surface area contributed by atoms with Crippen LogP contribution in [-0.4, -0.2) is 41.0 Å². The number of benzene rings is 1. The minimum Gasteiger partial charge on any atom is -0.353 e. The van der Waals surface area contributed by atoms with E-state index < -0.39 is 0 Å². The van der Waals surface area contributed by atoms with Crippen LogP contribution in [0.1, 0.15) is 34.7 Å². The second kappa shape index (κ2) is 8.03. The fourth-order valence-corrected chi connectivity index (χ4v) is 6.25. The van der Waals surface area contributed by atoms with Crippen LogP contribution in [0, 0.1) is 6.92 Å². The van der Waals surface area contributed by atoms with Crippen molar-refractivity contribution in [2.75, 3.05) is 31.1 Å². The van der Waals surface area contributed by atoms with Gasteiger partial charge in [-0.15, -0.1) is 11.3 Å². The highest BCUT2D eigenvalue weighted by Gasteiger charge is 2.25. The van der Waals surface area contributed by atoms with Gasteiger partial charge in [-0.3, -0.25) is 4.90 Å². The average Bonchev–Trinajstić information content (AvgIpc) is 3.08. The minimum absolute atomic E-state index is 0.686. The molecule has 2 aromatic heterocycles. The smallest absolute Gasteiger partial charge is 0.141 e. The molecule has 1 fully saturated rings. The number of thiophene rings is 1. The molecule has 0 radical (unpaired) electrons. The van der Waals surface area contributed by atoms with Gasteiger partial charge in [-0.1, -0.05) is 29.3 Å². The van der Waals surface area contributed by atoms with Gasteiger partial charge in [0.1, 0.15) is 16.5 Å². The van der Waals surface area contributed by atoms with E-state index in [0.717, 1.165) is 55.0 Å². The lowest BCUT2D eigenvalue weighted by molar-refractivity contribution is 0.249. The highest BCUT2D eigenvalue weighted by molar-refractivity contribution is 7.19. The maximum absolute atomic E-state index is 6.37. The van der Waals surface area contributed by atoms with Crippen LogP contribution < -0.4 is 4.90 Å². The molecule has 0 atom stereocenters. The van der Waals surface area contributed by atoms with Crippen LogP contribution in [0.25, 0.3) is 10.2 Å². The zero-order valence-electron chi connectivity index (χ0n) is 16.5. The molecule has 0 unspecified atom stereocenters. The Kier molecular flexibility index (Phi) is 5.41. The van der Waals surface area contributed by atoms with Gasteiger partial charge in [-0.05, 0) is 55.9 Å². The van der Waals surface area contributed by atoms with Gasteiger partial charge >= 0.3 is 0 Å². The van der Waals surface area contributed by atoms with Crippen LogP contribution in [0.2, 0.25) is 10.0 Å². The quantitative estimate of drug-likeness (QED) is 0.530. The van der Waals surface area contributed by atoms with E-state index in [4.69, 9.17) is 33.2 Å². The summed E-state index contributed by atoms with van der Waals surface area (Å²) in [7, 11) is 0. The molecule has 3 aromatic rings. The Labute approximate surface area is 185 Å². The predicted molar refractivity (Wildman–Crippen MR) is 123 cm³/mol. The molecule has 1 aliphatic heterocycles. The van der Waals surface area contributed by atoms with Crippen LogP contribution in [0.4, 0.5) is 5.82 Å². The summed E-state index contributed by atoms with van der Waals surface area (Å²) in [4.78, 5) is 17.3. The van der Waals surface area contributed by atoms with Crippen LogP contribution >= 0.6 is 34.5 Å². The summed E-state index contributed by atoms with van der Waals surface area (Å²) >= 11 is 14.3. The lowest BCUT2D eigenvalue weighted by Crippen LogP contribution is -2.46. The van der Waals surface area contributed by atoms with Crippen LogP contribution in [-0.2, 0) is 19.4 Å². The molecule has 0 saturated carbocycles. The molecule has 0 spiro atoms. The molecule has 3 heterocycles. The molecule has 2 aliphatic rings. The number of nitrogens with zero attached hydrogens (tertiary/aromatic N) is 4. The Morgan fingerprint density at radius 2 is 1.83 bits per heavy atom. The number of piperazine rings is 1. The van der Waals surface area contributed by atoms with E-state index in [-0.39, 0.29) is 0 Å². The van der Waals surface area contributed by atoms with Crippen molar-refractivity contribution in [2.45, 2.75) is 39.2 Å². The van der Waals surface area contributed by atoms with Crippen molar-refractivity contribution in [3.63, 3.8) is 0 Å². The van der Waals surface area contributed by atoms with Crippen molar-refractivity contribution in [3.05, 3.63) is 50.1 Å². The lowest BCUT2D eigenvalue weighted by atomic mass is 9.97. The Balaban J connectivity index is 1.37. The second-order valence-electron chi connectivity index (χ2n) is 7.98. The monoisotopic (exact) mass is 446 g/mol. The molecule has 152 valence electrons.